The van der Waals surface area contributed by atoms with E-state index in [4.69, 9.17) is 11.5 Å². The van der Waals surface area contributed by atoms with Gasteiger partial charge in [-0.25, -0.2) is 0 Å². The molecule has 0 atom stereocenters. The maximum absolute atomic E-state index is 5.64. The average molecular weight is 318 g/mol. The Hall–Kier alpha value is -2.74. The molecule has 0 unspecified atom stereocenters. The summed E-state index contributed by atoms with van der Waals surface area (Å²) in [6.07, 6.45) is 0.973. The van der Waals surface area contributed by atoms with Gasteiger partial charge in [-0.15, -0.1) is 0 Å². The molecular formula is C22H26N2. The predicted octanol–water partition coefficient (Wildman–Crippen LogP) is 5.05. The van der Waals surface area contributed by atoms with Crippen LogP contribution in [0.5, 0.6) is 0 Å². The summed E-state index contributed by atoms with van der Waals surface area (Å²) in [5.74, 6) is 0. The first kappa shape index (κ1) is 17.6. The molecule has 0 radical (unpaired) electrons. The molecule has 2 heteroatoms. The molecule has 3 aromatic carbocycles. The molecule has 2 nitrogen and oxygen atoms in total. The van der Waals surface area contributed by atoms with Gasteiger partial charge in [0.05, 0.1) is 0 Å². The van der Waals surface area contributed by atoms with Crippen LogP contribution in [0, 0.1) is 20.8 Å². The first-order valence-corrected chi connectivity index (χ1v) is 8.17. The molecule has 3 rings (SSSR count). The minimum absolute atomic E-state index is 0.822. The molecule has 0 heterocycles. The normalized spacial score (nSPS) is 9.96. The Bertz CT molecular complexity index is 729. The van der Waals surface area contributed by atoms with Crippen molar-refractivity contribution in [1.82, 2.24) is 0 Å². The molecule has 0 aliphatic carbocycles. The summed E-state index contributed by atoms with van der Waals surface area (Å²) < 4.78 is 0. The molecule has 24 heavy (non-hydrogen) atoms. The van der Waals surface area contributed by atoms with E-state index in [0.717, 1.165) is 17.8 Å². The number of benzene rings is 3. The molecule has 124 valence electrons. The second kappa shape index (κ2) is 8.21. The van der Waals surface area contributed by atoms with E-state index in [2.05, 4.69) is 57.2 Å². The number of hydrogen-bond donors (Lipinski definition) is 2. The number of nitrogens with two attached hydrogens (primary N) is 2. The van der Waals surface area contributed by atoms with Gasteiger partial charge >= 0.3 is 0 Å². The summed E-state index contributed by atoms with van der Waals surface area (Å²) in [5.41, 5.74) is 19.3. The van der Waals surface area contributed by atoms with Gasteiger partial charge in [0, 0.05) is 11.4 Å². The molecule has 3 aromatic rings. The van der Waals surface area contributed by atoms with Gasteiger partial charge in [-0.05, 0) is 73.7 Å². The van der Waals surface area contributed by atoms with Gasteiger partial charge in [-0.3, -0.25) is 0 Å². The van der Waals surface area contributed by atoms with Crippen molar-refractivity contribution in [3.05, 3.63) is 94.5 Å². The second-order valence-corrected chi connectivity index (χ2v) is 6.25. The van der Waals surface area contributed by atoms with E-state index in [1.165, 1.54) is 27.8 Å². The van der Waals surface area contributed by atoms with E-state index >= 15 is 0 Å². The Balaban J connectivity index is 0.000000198. The lowest BCUT2D eigenvalue weighted by Gasteiger charge is -2.02. The third-order valence-electron chi connectivity index (χ3n) is 4.04. The van der Waals surface area contributed by atoms with E-state index in [0.29, 0.717) is 0 Å². The lowest BCUT2D eigenvalue weighted by molar-refractivity contribution is 1.19. The van der Waals surface area contributed by atoms with E-state index < -0.39 is 0 Å². The Morgan fingerprint density at radius 3 is 1.58 bits per heavy atom. The topological polar surface area (TPSA) is 52.0 Å². The number of rotatable bonds is 2. The molecule has 0 aromatic heterocycles. The Morgan fingerprint density at radius 1 is 0.583 bits per heavy atom. The van der Waals surface area contributed by atoms with Gasteiger partial charge in [0.1, 0.15) is 0 Å². The maximum atomic E-state index is 5.64. The van der Waals surface area contributed by atoms with Crippen LogP contribution in [0.4, 0.5) is 11.4 Å². The van der Waals surface area contributed by atoms with Crippen molar-refractivity contribution in [2.24, 2.45) is 0 Å². The lowest BCUT2D eigenvalue weighted by Crippen LogP contribution is -1.89. The van der Waals surface area contributed by atoms with Crippen molar-refractivity contribution in [2.45, 2.75) is 27.2 Å². The van der Waals surface area contributed by atoms with Gasteiger partial charge in [-0.1, -0.05) is 48.0 Å². The number of nitrogen functional groups attached to an aromatic ring is 2. The maximum Gasteiger partial charge on any atom is 0.0316 e. The third-order valence-corrected chi connectivity index (χ3v) is 4.04. The first-order valence-electron chi connectivity index (χ1n) is 8.17. The largest absolute Gasteiger partial charge is 0.399 e. The van der Waals surface area contributed by atoms with Crippen LogP contribution in [0.15, 0.2) is 66.7 Å². The zero-order chi connectivity index (χ0) is 17.5. The fourth-order valence-electron chi connectivity index (χ4n) is 2.34. The average Bonchev–Trinajstić information content (AvgIpc) is 2.56. The van der Waals surface area contributed by atoms with E-state index in [-0.39, 0.29) is 0 Å². The Labute approximate surface area is 145 Å². The fraction of sp³-hybridized carbons (Fsp3) is 0.182. The molecular weight excluding hydrogens is 292 g/mol. The summed E-state index contributed by atoms with van der Waals surface area (Å²) in [7, 11) is 0. The minimum Gasteiger partial charge on any atom is -0.399 e. The molecule has 0 saturated carbocycles. The smallest absolute Gasteiger partial charge is 0.0316 e. The third kappa shape index (κ3) is 5.47. The lowest BCUT2D eigenvalue weighted by atomic mass is 10.0. The number of hydrogen-bond acceptors (Lipinski definition) is 2. The molecule has 0 amide bonds. The fourth-order valence-corrected chi connectivity index (χ4v) is 2.34. The van der Waals surface area contributed by atoms with Crippen LogP contribution >= 0.6 is 0 Å². The van der Waals surface area contributed by atoms with Gasteiger partial charge in [0.15, 0.2) is 0 Å². The monoisotopic (exact) mass is 318 g/mol. The number of anilines is 2. The van der Waals surface area contributed by atoms with E-state index in [9.17, 15) is 0 Å². The van der Waals surface area contributed by atoms with Crippen LogP contribution in [0.1, 0.15) is 27.8 Å². The van der Waals surface area contributed by atoms with Crippen molar-refractivity contribution in [3.63, 3.8) is 0 Å². The van der Waals surface area contributed by atoms with Gasteiger partial charge in [-0.2, -0.15) is 0 Å². The van der Waals surface area contributed by atoms with Gasteiger partial charge < -0.3 is 11.5 Å². The number of aryl methyl sites for hydroxylation is 3. The summed E-state index contributed by atoms with van der Waals surface area (Å²) in [5, 5.41) is 0. The zero-order valence-corrected chi connectivity index (χ0v) is 14.7. The molecule has 0 saturated heterocycles. The Kier molecular flexibility index (Phi) is 6.02. The van der Waals surface area contributed by atoms with Crippen molar-refractivity contribution >= 4 is 11.4 Å². The zero-order valence-electron chi connectivity index (χ0n) is 14.7. The highest BCUT2D eigenvalue weighted by Gasteiger charge is 1.95. The van der Waals surface area contributed by atoms with Gasteiger partial charge in [0.2, 0.25) is 0 Å². The summed E-state index contributed by atoms with van der Waals surface area (Å²) in [6, 6.07) is 22.6. The predicted molar refractivity (Wildman–Crippen MR) is 105 cm³/mol. The highest BCUT2D eigenvalue weighted by molar-refractivity contribution is 5.43. The molecule has 0 aliphatic rings. The van der Waals surface area contributed by atoms with Crippen LogP contribution in [-0.2, 0) is 6.42 Å². The van der Waals surface area contributed by atoms with Crippen LogP contribution < -0.4 is 11.5 Å². The van der Waals surface area contributed by atoms with Crippen LogP contribution in [0.25, 0.3) is 0 Å². The van der Waals surface area contributed by atoms with Crippen molar-refractivity contribution in [1.29, 1.82) is 0 Å². The van der Waals surface area contributed by atoms with Crippen LogP contribution in [0.2, 0.25) is 0 Å². The Morgan fingerprint density at radius 2 is 1.08 bits per heavy atom. The molecule has 0 aliphatic heterocycles. The highest BCUT2D eigenvalue weighted by atomic mass is 14.5. The SMILES string of the molecule is Cc1ccc(Cc2ccc(N)cc2)cc1.Cc1ccc(N)cc1C. The van der Waals surface area contributed by atoms with Crippen molar-refractivity contribution < 1.29 is 0 Å². The van der Waals surface area contributed by atoms with E-state index in [1.807, 2.05) is 30.3 Å². The van der Waals surface area contributed by atoms with Gasteiger partial charge in [0.25, 0.3) is 0 Å². The standard InChI is InChI=1S/C14H15N.C8H11N/c1-11-2-4-12(5-3-11)10-13-6-8-14(15)9-7-13;1-6-3-4-8(9)5-7(6)2/h2-9H,10,15H2,1H3;3-5H,9H2,1-2H3. The summed E-state index contributed by atoms with van der Waals surface area (Å²) >= 11 is 0. The molecule has 0 spiro atoms. The summed E-state index contributed by atoms with van der Waals surface area (Å²) in [4.78, 5) is 0. The summed E-state index contributed by atoms with van der Waals surface area (Å²) in [6.45, 7) is 6.24. The van der Waals surface area contributed by atoms with Crippen LogP contribution in [0.3, 0.4) is 0 Å². The van der Waals surface area contributed by atoms with Crippen LogP contribution in [-0.4, -0.2) is 0 Å². The minimum atomic E-state index is 0.822. The molecule has 0 bridgehead atoms. The molecule has 0 fully saturated rings. The second-order valence-electron chi connectivity index (χ2n) is 6.25. The first-order chi connectivity index (χ1) is 11.4. The highest BCUT2D eigenvalue weighted by Crippen LogP contribution is 2.12. The van der Waals surface area contributed by atoms with Crippen molar-refractivity contribution in [2.75, 3.05) is 11.5 Å². The quantitative estimate of drug-likeness (QED) is 0.649. The van der Waals surface area contributed by atoms with E-state index in [1.54, 1.807) is 0 Å². The molecule has 4 N–H and O–H groups in total. The van der Waals surface area contributed by atoms with Crippen molar-refractivity contribution in [3.8, 4) is 0 Å².